The van der Waals surface area contributed by atoms with E-state index in [0.717, 1.165) is 6.42 Å². The summed E-state index contributed by atoms with van der Waals surface area (Å²) >= 11 is 0. The summed E-state index contributed by atoms with van der Waals surface area (Å²) in [6.07, 6.45) is 0.843. The lowest BCUT2D eigenvalue weighted by atomic mass is 10.1. The van der Waals surface area contributed by atoms with E-state index < -0.39 is 5.97 Å². The van der Waals surface area contributed by atoms with Crippen molar-refractivity contribution < 1.29 is 19.4 Å². The average Bonchev–Trinajstić information content (AvgIpc) is 2.44. The molecule has 20 heavy (non-hydrogen) atoms. The lowest BCUT2D eigenvalue weighted by Gasteiger charge is -2.21. The van der Waals surface area contributed by atoms with E-state index in [1.165, 1.54) is 19.2 Å². The number of hydrogen-bond donors (Lipinski definition) is 2. The lowest BCUT2D eigenvalue weighted by molar-refractivity contribution is 0.0697. The van der Waals surface area contributed by atoms with Crippen LogP contribution in [0.3, 0.4) is 0 Å². The molecular formula is C14H20N2O4. The normalized spacial score (nSPS) is 9.95. The molecule has 0 saturated heterocycles. The molecule has 1 aromatic rings. The molecule has 6 nitrogen and oxygen atoms in total. The van der Waals surface area contributed by atoms with Crippen molar-refractivity contribution in [1.29, 1.82) is 0 Å². The van der Waals surface area contributed by atoms with E-state index in [4.69, 9.17) is 4.74 Å². The van der Waals surface area contributed by atoms with Gasteiger partial charge in [-0.1, -0.05) is 6.92 Å². The summed E-state index contributed by atoms with van der Waals surface area (Å²) in [6.45, 7) is 5.05. The Morgan fingerprint density at radius 3 is 2.55 bits per heavy atom. The van der Waals surface area contributed by atoms with E-state index in [0.29, 0.717) is 18.8 Å². The lowest BCUT2D eigenvalue weighted by Crippen LogP contribution is -2.35. The molecule has 1 aromatic carbocycles. The number of carboxylic acids is 1. The molecule has 110 valence electrons. The first-order valence-corrected chi connectivity index (χ1v) is 6.50. The van der Waals surface area contributed by atoms with Crippen LogP contribution < -0.4 is 10.1 Å². The highest BCUT2D eigenvalue weighted by atomic mass is 16.5. The maximum absolute atomic E-state index is 12.1. The first kappa shape index (κ1) is 15.8. The summed E-state index contributed by atoms with van der Waals surface area (Å²) in [4.78, 5) is 24.9. The minimum Gasteiger partial charge on any atom is -0.497 e. The zero-order valence-electron chi connectivity index (χ0n) is 12.0. The summed E-state index contributed by atoms with van der Waals surface area (Å²) in [5.41, 5.74) is 0.267. The number of carbonyl (C=O) groups is 2. The van der Waals surface area contributed by atoms with Crippen molar-refractivity contribution in [2.75, 3.05) is 25.5 Å². The second kappa shape index (κ2) is 7.37. The van der Waals surface area contributed by atoms with Gasteiger partial charge in [-0.25, -0.2) is 9.59 Å². The predicted octanol–water partition coefficient (Wildman–Crippen LogP) is 2.66. The molecule has 2 amide bonds. The van der Waals surface area contributed by atoms with Gasteiger partial charge in [0.15, 0.2) is 0 Å². The first-order valence-electron chi connectivity index (χ1n) is 6.50. The van der Waals surface area contributed by atoms with Crippen LogP contribution in [0.25, 0.3) is 0 Å². The summed E-state index contributed by atoms with van der Waals surface area (Å²) in [5.74, 6) is -0.681. The highest BCUT2D eigenvalue weighted by Gasteiger charge is 2.16. The van der Waals surface area contributed by atoms with Crippen LogP contribution in [-0.4, -0.2) is 42.2 Å². The van der Waals surface area contributed by atoms with Crippen LogP contribution in [0, 0.1) is 0 Å². The van der Waals surface area contributed by atoms with E-state index in [2.05, 4.69) is 5.32 Å². The SMILES string of the molecule is CCCN(CC)C(=O)Nc1ccc(OC)cc1C(=O)O. The molecule has 0 aliphatic carbocycles. The molecule has 0 aliphatic rings. The molecule has 0 unspecified atom stereocenters. The summed E-state index contributed by atoms with van der Waals surface area (Å²) in [5, 5.41) is 11.8. The van der Waals surface area contributed by atoms with Crippen LogP contribution in [0.5, 0.6) is 5.75 Å². The molecule has 0 aliphatic heterocycles. The second-order valence-corrected chi connectivity index (χ2v) is 4.23. The molecule has 0 saturated carbocycles. The van der Waals surface area contributed by atoms with E-state index in [1.54, 1.807) is 11.0 Å². The van der Waals surface area contributed by atoms with Crippen LogP contribution in [0.15, 0.2) is 18.2 Å². The second-order valence-electron chi connectivity index (χ2n) is 4.23. The van der Waals surface area contributed by atoms with Gasteiger partial charge in [0.05, 0.1) is 18.4 Å². The standard InChI is InChI=1S/C14H20N2O4/c1-4-8-16(5-2)14(19)15-12-7-6-10(20-3)9-11(12)13(17)18/h6-7,9H,4-5,8H2,1-3H3,(H,15,19)(H,17,18). The number of nitrogens with one attached hydrogen (secondary N) is 1. The van der Waals surface area contributed by atoms with Crippen molar-refractivity contribution in [3.05, 3.63) is 23.8 Å². The maximum Gasteiger partial charge on any atom is 0.337 e. The number of ether oxygens (including phenoxy) is 1. The van der Waals surface area contributed by atoms with Crippen molar-refractivity contribution in [3.63, 3.8) is 0 Å². The average molecular weight is 280 g/mol. The number of hydrogen-bond acceptors (Lipinski definition) is 3. The Morgan fingerprint density at radius 2 is 2.05 bits per heavy atom. The van der Waals surface area contributed by atoms with Crippen molar-refractivity contribution in [2.24, 2.45) is 0 Å². The summed E-state index contributed by atoms with van der Waals surface area (Å²) < 4.78 is 4.99. The number of methoxy groups -OCH3 is 1. The molecule has 1 rings (SSSR count). The van der Waals surface area contributed by atoms with Crippen LogP contribution in [0.2, 0.25) is 0 Å². The fourth-order valence-electron chi connectivity index (χ4n) is 1.80. The Bertz CT molecular complexity index is 488. The van der Waals surface area contributed by atoms with Crippen LogP contribution >= 0.6 is 0 Å². The van der Waals surface area contributed by atoms with Gasteiger partial charge in [-0.3, -0.25) is 0 Å². The Morgan fingerprint density at radius 1 is 1.35 bits per heavy atom. The van der Waals surface area contributed by atoms with E-state index in [9.17, 15) is 14.7 Å². The zero-order valence-corrected chi connectivity index (χ0v) is 12.0. The van der Waals surface area contributed by atoms with E-state index in [1.807, 2.05) is 13.8 Å². The first-order chi connectivity index (χ1) is 9.53. The Hall–Kier alpha value is -2.24. The van der Waals surface area contributed by atoms with Crippen LogP contribution in [0.4, 0.5) is 10.5 Å². The molecule has 6 heteroatoms. The largest absolute Gasteiger partial charge is 0.497 e. The number of rotatable bonds is 6. The number of benzene rings is 1. The number of carbonyl (C=O) groups excluding carboxylic acids is 1. The van der Waals surface area contributed by atoms with Crippen molar-refractivity contribution in [1.82, 2.24) is 4.90 Å². The quantitative estimate of drug-likeness (QED) is 0.839. The van der Waals surface area contributed by atoms with Gasteiger partial charge >= 0.3 is 12.0 Å². The van der Waals surface area contributed by atoms with Crippen molar-refractivity contribution >= 4 is 17.7 Å². The molecule has 2 N–H and O–H groups in total. The van der Waals surface area contributed by atoms with Crippen molar-refractivity contribution in [3.8, 4) is 5.75 Å². The molecule has 0 aromatic heterocycles. The summed E-state index contributed by atoms with van der Waals surface area (Å²) in [6, 6.07) is 4.22. The minimum atomic E-state index is -1.11. The monoisotopic (exact) mass is 280 g/mol. The zero-order chi connectivity index (χ0) is 15.1. The molecule has 0 atom stereocenters. The maximum atomic E-state index is 12.1. The van der Waals surface area contributed by atoms with Gasteiger partial charge in [0.25, 0.3) is 0 Å². The highest BCUT2D eigenvalue weighted by molar-refractivity contribution is 6.00. The molecule has 0 heterocycles. The van der Waals surface area contributed by atoms with Gasteiger partial charge < -0.3 is 20.1 Å². The third-order valence-corrected chi connectivity index (χ3v) is 2.86. The number of aromatic carboxylic acids is 1. The third-order valence-electron chi connectivity index (χ3n) is 2.86. The third kappa shape index (κ3) is 3.88. The van der Waals surface area contributed by atoms with Gasteiger partial charge in [-0.15, -0.1) is 0 Å². The van der Waals surface area contributed by atoms with Crippen LogP contribution in [0.1, 0.15) is 30.6 Å². The fraction of sp³-hybridized carbons (Fsp3) is 0.429. The molecule has 0 spiro atoms. The number of carboxylic acid groups (broad SMARTS) is 1. The summed E-state index contributed by atoms with van der Waals surface area (Å²) in [7, 11) is 1.46. The Kier molecular flexibility index (Phi) is 5.83. The van der Waals surface area contributed by atoms with Crippen LogP contribution in [-0.2, 0) is 0 Å². The molecule has 0 bridgehead atoms. The van der Waals surface area contributed by atoms with E-state index >= 15 is 0 Å². The van der Waals surface area contributed by atoms with Gasteiger partial charge in [0.2, 0.25) is 0 Å². The highest BCUT2D eigenvalue weighted by Crippen LogP contribution is 2.22. The molecule has 0 fully saturated rings. The molecule has 0 radical (unpaired) electrons. The number of urea groups is 1. The van der Waals surface area contributed by atoms with Gasteiger partial charge in [-0.05, 0) is 31.5 Å². The van der Waals surface area contributed by atoms with Gasteiger partial charge in [0, 0.05) is 13.1 Å². The minimum absolute atomic E-state index is 0.00486. The van der Waals surface area contributed by atoms with Gasteiger partial charge in [0.1, 0.15) is 5.75 Å². The number of anilines is 1. The van der Waals surface area contributed by atoms with Gasteiger partial charge in [-0.2, -0.15) is 0 Å². The Balaban J connectivity index is 2.96. The number of amides is 2. The predicted molar refractivity (Wildman–Crippen MR) is 76.5 cm³/mol. The topological polar surface area (TPSA) is 78.9 Å². The van der Waals surface area contributed by atoms with Crippen molar-refractivity contribution in [2.45, 2.75) is 20.3 Å². The van der Waals surface area contributed by atoms with E-state index in [-0.39, 0.29) is 17.3 Å². The Labute approximate surface area is 118 Å². The fourth-order valence-corrected chi connectivity index (χ4v) is 1.80. The molecular weight excluding hydrogens is 260 g/mol. The number of nitrogens with zero attached hydrogens (tertiary/aromatic N) is 1. The smallest absolute Gasteiger partial charge is 0.337 e.